The van der Waals surface area contributed by atoms with Crippen LogP contribution < -0.4 is 21.3 Å². The third kappa shape index (κ3) is 24.9. The molecule has 0 saturated carbocycles. The van der Waals surface area contributed by atoms with Crippen LogP contribution in [0.5, 0.6) is 0 Å². The van der Waals surface area contributed by atoms with Gasteiger partial charge in [0.05, 0.1) is 0 Å². The van der Waals surface area contributed by atoms with Gasteiger partial charge in [-0.05, 0) is 51.9 Å². The first-order valence-electron chi connectivity index (χ1n) is 12.3. The Morgan fingerprint density at radius 2 is 0.933 bits per heavy atom. The van der Waals surface area contributed by atoms with Gasteiger partial charge in [-0.1, -0.05) is 67.2 Å². The summed E-state index contributed by atoms with van der Waals surface area (Å²) in [5.41, 5.74) is 0. The molecular formula is C24H52N4O2. The van der Waals surface area contributed by atoms with Gasteiger partial charge >= 0.3 is 0 Å². The molecule has 0 saturated heterocycles. The first kappa shape index (κ1) is 31.0. The molecular weight excluding hydrogens is 376 g/mol. The largest absolute Gasteiger partial charge is 0.356 e. The lowest BCUT2D eigenvalue weighted by Crippen LogP contribution is -2.31. The molecule has 6 nitrogen and oxygen atoms in total. The summed E-state index contributed by atoms with van der Waals surface area (Å²) in [7, 11) is 0. The number of unbranched alkanes of at least 4 members (excludes halogenated alkanes) is 4. The van der Waals surface area contributed by atoms with Crippen LogP contribution in [0.25, 0.3) is 0 Å². The number of hydrogen-bond donors (Lipinski definition) is 4. The van der Waals surface area contributed by atoms with E-state index in [1.165, 1.54) is 38.5 Å². The summed E-state index contributed by atoms with van der Waals surface area (Å²) in [5.74, 6) is 0.532. The third-order valence-electron chi connectivity index (χ3n) is 4.62. The van der Waals surface area contributed by atoms with Crippen LogP contribution in [0.1, 0.15) is 92.9 Å². The number of hydrogen-bond acceptors (Lipinski definition) is 4. The first-order chi connectivity index (χ1) is 14.4. The smallest absolute Gasteiger partial charge is 0.222 e. The highest BCUT2D eigenvalue weighted by atomic mass is 16.2. The summed E-state index contributed by atoms with van der Waals surface area (Å²) in [4.78, 5) is 22.3. The molecule has 0 aliphatic rings. The van der Waals surface area contributed by atoms with Crippen molar-refractivity contribution in [2.45, 2.75) is 92.9 Å². The van der Waals surface area contributed by atoms with E-state index < -0.39 is 0 Å². The van der Waals surface area contributed by atoms with Gasteiger partial charge in [-0.3, -0.25) is 9.59 Å². The van der Waals surface area contributed by atoms with Gasteiger partial charge in [-0.15, -0.1) is 0 Å². The van der Waals surface area contributed by atoms with Crippen LogP contribution in [0.3, 0.4) is 0 Å². The Kier molecular flexibility index (Phi) is 25.0. The summed E-state index contributed by atoms with van der Waals surface area (Å²) >= 11 is 0. The zero-order chi connectivity index (χ0) is 23.0. The molecule has 180 valence electrons. The maximum Gasteiger partial charge on any atom is 0.222 e. The van der Waals surface area contributed by atoms with E-state index in [0.717, 1.165) is 52.1 Å². The summed E-state index contributed by atoms with van der Waals surface area (Å²) in [6.07, 6.45) is 9.57. The van der Waals surface area contributed by atoms with Crippen LogP contribution >= 0.6 is 0 Å². The molecule has 0 aromatic carbocycles. The van der Waals surface area contributed by atoms with Gasteiger partial charge in [0.2, 0.25) is 11.8 Å². The fraction of sp³-hybridized carbons (Fsp3) is 0.917. The molecule has 30 heavy (non-hydrogen) atoms. The molecule has 0 aromatic rings. The highest BCUT2D eigenvalue weighted by molar-refractivity contribution is 5.78. The van der Waals surface area contributed by atoms with E-state index in [2.05, 4.69) is 35.1 Å². The highest BCUT2D eigenvalue weighted by Gasteiger charge is 2.04. The molecule has 0 spiro atoms. The molecule has 0 atom stereocenters. The predicted octanol–water partition coefficient (Wildman–Crippen LogP) is 3.86. The molecule has 0 radical (unpaired) electrons. The number of amides is 2. The van der Waals surface area contributed by atoms with Crippen LogP contribution in [0.15, 0.2) is 0 Å². The highest BCUT2D eigenvalue weighted by Crippen LogP contribution is 1.98. The maximum absolute atomic E-state index is 11.3. The van der Waals surface area contributed by atoms with Crippen molar-refractivity contribution in [2.75, 3.05) is 39.3 Å². The van der Waals surface area contributed by atoms with Gasteiger partial charge in [0.25, 0.3) is 0 Å². The molecule has 0 aromatic heterocycles. The average molecular weight is 429 g/mol. The standard InChI is InChI=1S/C14H31N3O.C10H21NO/c1-4-5-8-15-9-6-10-16-11-7-12-17-14(18)13(2)3;1-4-5-6-7-8-11-10(12)9(2)3/h13,15-16H,4-12H2,1-3H3,(H,17,18);9H,4-8H2,1-3H3,(H,11,12). The van der Waals surface area contributed by atoms with E-state index in [9.17, 15) is 9.59 Å². The Hall–Kier alpha value is -1.14. The average Bonchev–Trinajstić information content (AvgIpc) is 2.71. The van der Waals surface area contributed by atoms with Crippen LogP contribution in [0, 0.1) is 11.8 Å². The lowest BCUT2D eigenvalue weighted by molar-refractivity contribution is -0.124. The minimum absolute atomic E-state index is 0.0900. The number of carbonyl (C=O) groups excluding carboxylic acids is 2. The topological polar surface area (TPSA) is 82.3 Å². The lowest BCUT2D eigenvalue weighted by atomic mass is 10.2. The minimum atomic E-state index is 0.0900. The summed E-state index contributed by atoms with van der Waals surface area (Å²) in [5, 5.41) is 12.6. The number of rotatable bonds is 18. The van der Waals surface area contributed by atoms with Gasteiger partial charge in [0.1, 0.15) is 0 Å². The second kappa shape index (κ2) is 24.1. The zero-order valence-electron chi connectivity index (χ0n) is 20.9. The molecule has 0 fully saturated rings. The normalized spacial score (nSPS) is 10.7. The number of carbonyl (C=O) groups is 2. The Morgan fingerprint density at radius 3 is 1.37 bits per heavy atom. The van der Waals surface area contributed by atoms with E-state index in [-0.39, 0.29) is 23.7 Å². The summed E-state index contributed by atoms with van der Waals surface area (Å²) in [6, 6.07) is 0. The van der Waals surface area contributed by atoms with Gasteiger partial charge in [0, 0.05) is 24.9 Å². The monoisotopic (exact) mass is 428 g/mol. The summed E-state index contributed by atoms with van der Waals surface area (Å²) < 4.78 is 0. The quantitative estimate of drug-likeness (QED) is 0.250. The molecule has 4 N–H and O–H groups in total. The Labute approximate surface area is 187 Å². The predicted molar refractivity (Wildman–Crippen MR) is 130 cm³/mol. The van der Waals surface area contributed by atoms with E-state index in [1.54, 1.807) is 0 Å². The van der Waals surface area contributed by atoms with Crippen molar-refractivity contribution in [3.8, 4) is 0 Å². The van der Waals surface area contributed by atoms with Crippen molar-refractivity contribution < 1.29 is 9.59 Å². The zero-order valence-corrected chi connectivity index (χ0v) is 20.9. The number of nitrogens with one attached hydrogen (secondary N) is 4. The van der Waals surface area contributed by atoms with Crippen LogP contribution in [0.4, 0.5) is 0 Å². The summed E-state index contributed by atoms with van der Waals surface area (Å²) in [6.45, 7) is 17.9. The molecule has 0 aliphatic heterocycles. The molecule has 0 heterocycles. The fourth-order valence-corrected chi connectivity index (χ4v) is 2.49. The van der Waals surface area contributed by atoms with Gasteiger partial charge in [-0.25, -0.2) is 0 Å². The van der Waals surface area contributed by atoms with Gasteiger partial charge < -0.3 is 21.3 Å². The van der Waals surface area contributed by atoms with Crippen molar-refractivity contribution in [1.82, 2.24) is 21.3 Å². The van der Waals surface area contributed by atoms with E-state index in [1.807, 2.05) is 27.7 Å². The van der Waals surface area contributed by atoms with Gasteiger partial charge in [-0.2, -0.15) is 0 Å². The third-order valence-corrected chi connectivity index (χ3v) is 4.62. The van der Waals surface area contributed by atoms with Crippen molar-refractivity contribution in [3.63, 3.8) is 0 Å². The second-order valence-electron chi connectivity index (χ2n) is 8.51. The molecule has 0 rings (SSSR count). The SMILES string of the molecule is CCCCCCNC(=O)C(C)C.CCCCNCCCNCCCNC(=O)C(C)C. The maximum atomic E-state index is 11.3. The molecule has 0 unspecified atom stereocenters. The van der Waals surface area contributed by atoms with Crippen LogP contribution in [-0.2, 0) is 9.59 Å². The minimum Gasteiger partial charge on any atom is -0.356 e. The Balaban J connectivity index is 0. The van der Waals surface area contributed by atoms with Gasteiger partial charge in [0.15, 0.2) is 0 Å². The fourth-order valence-electron chi connectivity index (χ4n) is 2.49. The van der Waals surface area contributed by atoms with Crippen LogP contribution in [-0.4, -0.2) is 51.1 Å². The molecule has 0 aliphatic carbocycles. The molecule has 2 amide bonds. The van der Waals surface area contributed by atoms with E-state index >= 15 is 0 Å². The van der Waals surface area contributed by atoms with E-state index in [4.69, 9.17) is 0 Å². The van der Waals surface area contributed by atoms with Crippen molar-refractivity contribution >= 4 is 11.8 Å². The Bertz CT molecular complexity index is 387. The van der Waals surface area contributed by atoms with Crippen LogP contribution in [0.2, 0.25) is 0 Å². The second-order valence-corrected chi connectivity index (χ2v) is 8.51. The van der Waals surface area contributed by atoms with Crippen molar-refractivity contribution in [1.29, 1.82) is 0 Å². The first-order valence-corrected chi connectivity index (χ1v) is 12.3. The molecule has 6 heteroatoms. The van der Waals surface area contributed by atoms with Crippen molar-refractivity contribution in [3.05, 3.63) is 0 Å². The molecule has 0 bridgehead atoms. The van der Waals surface area contributed by atoms with E-state index in [0.29, 0.717) is 0 Å². The van der Waals surface area contributed by atoms with Crippen molar-refractivity contribution in [2.24, 2.45) is 11.8 Å². The Morgan fingerprint density at radius 1 is 0.533 bits per heavy atom. The lowest BCUT2D eigenvalue weighted by Gasteiger charge is -2.08.